The number of anilines is 1. The molecule has 0 aliphatic rings. The zero-order chi connectivity index (χ0) is 18.1. The molecule has 0 radical (unpaired) electrons. The predicted molar refractivity (Wildman–Crippen MR) is 88.1 cm³/mol. The van der Waals surface area contributed by atoms with Crippen molar-refractivity contribution in [1.82, 2.24) is 0 Å². The Morgan fingerprint density at radius 3 is 2.29 bits per heavy atom. The minimum atomic E-state index is -5.05. The Balaban J connectivity index is 2.43. The Morgan fingerprint density at radius 1 is 1.04 bits per heavy atom. The molecular weight excluding hydrogens is 458 g/mol. The average Bonchev–Trinajstić information content (AvgIpc) is 2.40. The van der Waals surface area contributed by atoms with Gasteiger partial charge in [0.05, 0.1) is 15.7 Å². The highest BCUT2D eigenvalue weighted by Gasteiger charge is 2.34. The lowest BCUT2D eigenvalue weighted by atomic mass is 10.3. The van der Waals surface area contributed by atoms with Gasteiger partial charge in [-0.05, 0) is 36.4 Å². The van der Waals surface area contributed by atoms with E-state index in [0.29, 0.717) is 0 Å². The second kappa shape index (κ2) is 6.99. The lowest BCUT2D eigenvalue weighted by Crippen LogP contribution is -2.21. The van der Waals surface area contributed by atoms with Crippen molar-refractivity contribution in [2.75, 3.05) is 4.72 Å². The molecule has 0 bridgehead atoms. The summed E-state index contributed by atoms with van der Waals surface area (Å²) in [5.41, 5.74) is 0.0327. The third kappa shape index (κ3) is 4.92. The Morgan fingerprint density at radius 2 is 1.71 bits per heavy atom. The minimum absolute atomic E-state index is 0.0327. The van der Waals surface area contributed by atoms with Crippen LogP contribution in [0.2, 0.25) is 10.0 Å². The van der Waals surface area contributed by atoms with Crippen LogP contribution in [0.25, 0.3) is 0 Å². The zero-order valence-corrected chi connectivity index (χ0v) is 15.3. The molecule has 0 aromatic heterocycles. The van der Waals surface area contributed by atoms with Gasteiger partial charge in [0.2, 0.25) is 0 Å². The first kappa shape index (κ1) is 19.2. The minimum Gasteiger partial charge on any atom is -0.404 e. The fourth-order valence-corrected chi connectivity index (χ4v) is 3.48. The largest absolute Gasteiger partial charge is 0.573 e. The third-order valence-electron chi connectivity index (χ3n) is 2.59. The number of rotatable bonds is 4. The number of hydrogen-bond acceptors (Lipinski definition) is 3. The molecule has 2 rings (SSSR count). The van der Waals surface area contributed by atoms with Gasteiger partial charge in [0, 0.05) is 4.47 Å². The van der Waals surface area contributed by atoms with Crippen molar-refractivity contribution in [2.45, 2.75) is 11.3 Å². The van der Waals surface area contributed by atoms with Crippen molar-refractivity contribution < 1.29 is 26.3 Å². The van der Waals surface area contributed by atoms with Crippen LogP contribution in [-0.4, -0.2) is 14.8 Å². The van der Waals surface area contributed by atoms with E-state index in [1.165, 1.54) is 24.3 Å². The first-order valence-electron chi connectivity index (χ1n) is 6.01. The summed E-state index contributed by atoms with van der Waals surface area (Å²) >= 11 is 14.5. The number of ether oxygens (including phenoxy) is 1. The maximum Gasteiger partial charge on any atom is 0.573 e. The molecular formula is C13H7BrCl2F3NO3S. The fraction of sp³-hybridized carbons (Fsp3) is 0.0769. The number of nitrogens with one attached hydrogen (secondary N) is 1. The molecule has 0 amide bonds. The van der Waals surface area contributed by atoms with Crippen molar-refractivity contribution in [3.8, 4) is 5.75 Å². The van der Waals surface area contributed by atoms with Crippen LogP contribution in [0.4, 0.5) is 18.9 Å². The molecule has 0 aliphatic carbocycles. The molecule has 1 N–H and O–H groups in total. The molecule has 0 aliphatic heterocycles. The summed E-state index contributed by atoms with van der Waals surface area (Å²) in [5, 5.41) is 0.281. The molecule has 0 heterocycles. The number of sulfonamides is 1. The van der Waals surface area contributed by atoms with E-state index in [1.807, 2.05) is 0 Å². The van der Waals surface area contributed by atoms with Crippen LogP contribution in [0.5, 0.6) is 5.75 Å². The van der Waals surface area contributed by atoms with Gasteiger partial charge >= 0.3 is 6.36 Å². The first-order chi connectivity index (χ1) is 11.0. The van der Waals surface area contributed by atoms with Gasteiger partial charge in [0.25, 0.3) is 10.0 Å². The molecule has 11 heteroatoms. The van der Waals surface area contributed by atoms with Gasteiger partial charge < -0.3 is 4.74 Å². The summed E-state index contributed by atoms with van der Waals surface area (Å²) in [6.45, 7) is 0. The van der Waals surface area contributed by atoms with Crippen molar-refractivity contribution in [1.29, 1.82) is 0 Å². The van der Waals surface area contributed by atoms with Gasteiger partial charge in [0.15, 0.2) is 5.75 Å². The lowest BCUT2D eigenvalue weighted by Gasteiger charge is -2.15. The fourth-order valence-electron chi connectivity index (χ4n) is 1.68. The summed E-state index contributed by atoms with van der Waals surface area (Å²) in [7, 11) is -4.36. The molecule has 0 atom stereocenters. The third-order valence-corrected chi connectivity index (χ3v) is 5.25. The standard InChI is InChI=1S/C13H7BrCl2F3NO3S/c14-7-1-4-12(11(5-7)23-13(17,18)19)24(21,22)20-8-2-3-9(15)10(16)6-8/h1-6,20H. The predicted octanol–water partition coefficient (Wildman–Crippen LogP) is 5.46. The first-order valence-corrected chi connectivity index (χ1v) is 9.04. The molecule has 2 aromatic rings. The molecule has 0 fully saturated rings. The van der Waals surface area contributed by atoms with Gasteiger partial charge in [-0.15, -0.1) is 13.2 Å². The molecule has 0 spiro atoms. The van der Waals surface area contributed by atoms with Crippen molar-refractivity contribution >= 4 is 54.8 Å². The zero-order valence-electron chi connectivity index (χ0n) is 11.4. The van der Waals surface area contributed by atoms with E-state index in [0.717, 1.165) is 12.1 Å². The molecule has 0 unspecified atom stereocenters. The van der Waals surface area contributed by atoms with E-state index in [2.05, 4.69) is 25.4 Å². The van der Waals surface area contributed by atoms with Gasteiger partial charge in [-0.1, -0.05) is 39.1 Å². The van der Waals surface area contributed by atoms with Crippen LogP contribution in [0.1, 0.15) is 0 Å². The summed E-state index contributed by atoms with van der Waals surface area (Å²) in [6.07, 6.45) is -5.05. The molecule has 2 aromatic carbocycles. The highest BCUT2D eigenvalue weighted by atomic mass is 79.9. The van der Waals surface area contributed by atoms with E-state index in [4.69, 9.17) is 23.2 Å². The number of halogens is 6. The topological polar surface area (TPSA) is 55.4 Å². The maximum absolute atomic E-state index is 12.5. The Hall–Kier alpha value is -1.16. The summed E-state index contributed by atoms with van der Waals surface area (Å²) in [6, 6.07) is 7.03. The normalized spacial score (nSPS) is 12.1. The van der Waals surface area contributed by atoms with Gasteiger partial charge in [-0.3, -0.25) is 4.72 Å². The summed E-state index contributed by atoms with van der Waals surface area (Å²) in [4.78, 5) is -0.686. The summed E-state index contributed by atoms with van der Waals surface area (Å²) in [5.74, 6) is -0.871. The second-order valence-corrected chi connectivity index (χ2v) is 7.75. The van der Waals surface area contributed by atoms with Crippen molar-refractivity contribution in [3.05, 3.63) is 50.9 Å². The van der Waals surface area contributed by atoms with Crippen LogP contribution < -0.4 is 9.46 Å². The highest BCUT2D eigenvalue weighted by Crippen LogP contribution is 2.34. The quantitative estimate of drug-likeness (QED) is 0.654. The summed E-state index contributed by atoms with van der Waals surface area (Å²) < 4.78 is 68.3. The smallest absolute Gasteiger partial charge is 0.404 e. The molecule has 4 nitrogen and oxygen atoms in total. The Kier molecular flexibility index (Phi) is 5.58. The Bertz CT molecular complexity index is 875. The maximum atomic E-state index is 12.5. The van der Waals surface area contributed by atoms with Crippen molar-refractivity contribution in [2.24, 2.45) is 0 Å². The molecule has 0 saturated carbocycles. The molecule has 24 heavy (non-hydrogen) atoms. The van der Waals surface area contributed by atoms with Gasteiger partial charge in [-0.2, -0.15) is 0 Å². The second-order valence-electron chi connectivity index (χ2n) is 4.37. The van der Waals surface area contributed by atoms with E-state index < -0.39 is 27.0 Å². The number of alkyl halides is 3. The monoisotopic (exact) mass is 463 g/mol. The number of benzene rings is 2. The van der Waals surface area contributed by atoms with Crippen LogP contribution in [0, 0.1) is 0 Å². The van der Waals surface area contributed by atoms with Crippen LogP contribution in [-0.2, 0) is 10.0 Å². The van der Waals surface area contributed by atoms with Crippen LogP contribution in [0.3, 0.4) is 0 Å². The van der Waals surface area contributed by atoms with Gasteiger partial charge in [-0.25, -0.2) is 8.42 Å². The van der Waals surface area contributed by atoms with Crippen LogP contribution in [0.15, 0.2) is 45.8 Å². The molecule has 130 valence electrons. The van der Waals surface area contributed by atoms with Crippen molar-refractivity contribution in [3.63, 3.8) is 0 Å². The highest BCUT2D eigenvalue weighted by molar-refractivity contribution is 9.10. The van der Waals surface area contributed by atoms with Crippen LogP contribution >= 0.6 is 39.1 Å². The number of hydrogen-bond donors (Lipinski definition) is 1. The van der Waals surface area contributed by atoms with Gasteiger partial charge in [0.1, 0.15) is 4.90 Å². The van der Waals surface area contributed by atoms with E-state index in [1.54, 1.807) is 0 Å². The Labute approximate surface area is 153 Å². The average molecular weight is 465 g/mol. The SMILES string of the molecule is O=S(=O)(Nc1ccc(Cl)c(Cl)c1)c1ccc(Br)cc1OC(F)(F)F. The lowest BCUT2D eigenvalue weighted by molar-refractivity contribution is -0.275. The molecule has 0 saturated heterocycles. The van der Waals surface area contributed by atoms with E-state index in [-0.39, 0.29) is 20.2 Å². The van der Waals surface area contributed by atoms with E-state index >= 15 is 0 Å². The van der Waals surface area contributed by atoms with E-state index in [9.17, 15) is 21.6 Å².